The SMILES string of the molecule is O=C(NCCn1ccc2ccccc21)N1CCC2(CC1)OCCCC2O. The fourth-order valence-corrected chi connectivity index (χ4v) is 4.21. The largest absolute Gasteiger partial charge is 0.390 e. The van der Waals surface area contributed by atoms with Gasteiger partial charge in [-0.05, 0) is 43.2 Å². The maximum Gasteiger partial charge on any atom is 0.317 e. The first-order valence-electron chi connectivity index (χ1n) is 9.57. The Bertz CT molecular complexity index is 765. The van der Waals surface area contributed by atoms with Gasteiger partial charge in [-0.3, -0.25) is 0 Å². The van der Waals surface area contributed by atoms with Gasteiger partial charge >= 0.3 is 6.03 Å². The predicted octanol–water partition coefficient (Wildman–Crippen LogP) is 2.36. The van der Waals surface area contributed by atoms with Crippen LogP contribution in [0.3, 0.4) is 0 Å². The standard InChI is InChI=1S/C20H27N3O3/c24-18-6-3-15-26-20(18)8-12-23(13-9-20)19(25)21-10-14-22-11-7-16-4-1-2-5-17(16)22/h1-2,4-5,7,11,18,24H,3,6,8-10,12-15H2,(H,21,25). The van der Waals surface area contributed by atoms with Crippen molar-refractivity contribution >= 4 is 16.9 Å². The van der Waals surface area contributed by atoms with Gasteiger partial charge in [0.25, 0.3) is 0 Å². The summed E-state index contributed by atoms with van der Waals surface area (Å²) in [6.45, 7) is 3.33. The highest BCUT2D eigenvalue weighted by Crippen LogP contribution is 2.35. The van der Waals surface area contributed by atoms with Crippen LogP contribution in [0.1, 0.15) is 25.7 Å². The summed E-state index contributed by atoms with van der Waals surface area (Å²) in [5.41, 5.74) is 0.754. The molecule has 6 nitrogen and oxygen atoms in total. The van der Waals surface area contributed by atoms with Crippen molar-refractivity contribution in [2.45, 2.75) is 43.9 Å². The first-order chi connectivity index (χ1) is 12.7. The molecule has 2 aliphatic rings. The van der Waals surface area contributed by atoms with Crippen LogP contribution in [-0.4, -0.2) is 58.6 Å². The van der Waals surface area contributed by atoms with Gasteiger partial charge in [0, 0.05) is 44.5 Å². The Balaban J connectivity index is 1.27. The number of urea groups is 1. The summed E-state index contributed by atoms with van der Waals surface area (Å²) < 4.78 is 8.07. The van der Waals surface area contributed by atoms with E-state index in [2.05, 4.69) is 34.3 Å². The molecule has 3 heterocycles. The van der Waals surface area contributed by atoms with Crippen molar-refractivity contribution in [3.8, 4) is 0 Å². The topological polar surface area (TPSA) is 66.7 Å². The molecule has 1 unspecified atom stereocenters. The highest BCUT2D eigenvalue weighted by Gasteiger charge is 2.44. The van der Waals surface area contributed by atoms with Gasteiger partial charge in [-0.15, -0.1) is 0 Å². The summed E-state index contributed by atoms with van der Waals surface area (Å²) in [4.78, 5) is 14.3. The molecule has 2 fully saturated rings. The first-order valence-corrected chi connectivity index (χ1v) is 9.57. The number of fused-ring (bicyclic) bond motifs is 1. The number of hydrogen-bond acceptors (Lipinski definition) is 3. The number of rotatable bonds is 3. The van der Waals surface area contributed by atoms with Crippen LogP contribution >= 0.6 is 0 Å². The molecule has 0 radical (unpaired) electrons. The fourth-order valence-electron chi connectivity index (χ4n) is 4.21. The van der Waals surface area contributed by atoms with Crippen molar-refractivity contribution < 1.29 is 14.6 Å². The first kappa shape index (κ1) is 17.4. The number of hydrogen-bond donors (Lipinski definition) is 2. The van der Waals surface area contributed by atoms with Crippen LogP contribution in [0.25, 0.3) is 10.9 Å². The molecule has 1 spiro atoms. The normalized spacial score (nSPS) is 22.7. The molecule has 2 saturated heterocycles. The highest BCUT2D eigenvalue weighted by molar-refractivity contribution is 5.80. The molecule has 2 aliphatic heterocycles. The Kier molecular flexibility index (Phi) is 4.87. The van der Waals surface area contributed by atoms with Crippen LogP contribution in [0.4, 0.5) is 4.79 Å². The van der Waals surface area contributed by atoms with Crippen LogP contribution in [0.5, 0.6) is 0 Å². The number of likely N-dealkylation sites (tertiary alicyclic amines) is 1. The highest BCUT2D eigenvalue weighted by atomic mass is 16.5. The minimum atomic E-state index is -0.431. The molecule has 2 amide bonds. The smallest absolute Gasteiger partial charge is 0.317 e. The van der Waals surface area contributed by atoms with Crippen molar-refractivity contribution in [1.82, 2.24) is 14.8 Å². The lowest BCUT2D eigenvalue weighted by atomic mass is 9.82. The third kappa shape index (κ3) is 3.31. The van der Waals surface area contributed by atoms with E-state index in [-0.39, 0.29) is 6.03 Å². The van der Waals surface area contributed by atoms with E-state index < -0.39 is 11.7 Å². The summed E-state index contributed by atoms with van der Waals surface area (Å²) in [5.74, 6) is 0. The molecule has 6 heteroatoms. The molecule has 26 heavy (non-hydrogen) atoms. The molecule has 140 valence electrons. The Morgan fingerprint density at radius 1 is 1.27 bits per heavy atom. The van der Waals surface area contributed by atoms with Crippen LogP contribution in [0.2, 0.25) is 0 Å². The lowest BCUT2D eigenvalue weighted by molar-refractivity contribution is -0.173. The van der Waals surface area contributed by atoms with E-state index in [9.17, 15) is 9.90 Å². The predicted molar refractivity (Wildman–Crippen MR) is 100 cm³/mol. The van der Waals surface area contributed by atoms with Gasteiger partial charge in [0.15, 0.2) is 0 Å². The minimum Gasteiger partial charge on any atom is -0.390 e. The molecule has 0 bridgehead atoms. The van der Waals surface area contributed by atoms with Crippen LogP contribution in [0.15, 0.2) is 36.5 Å². The number of amides is 2. The van der Waals surface area contributed by atoms with Crippen LogP contribution in [0, 0.1) is 0 Å². The van der Waals surface area contributed by atoms with Gasteiger partial charge in [0.2, 0.25) is 0 Å². The maximum absolute atomic E-state index is 12.4. The molecule has 2 N–H and O–H groups in total. The zero-order valence-corrected chi connectivity index (χ0v) is 15.1. The molecular formula is C20H27N3O3. The Morgan fingerprint density at radius 2 is 2.08 bits per heavy atom. The van der Waals surface area contributed by atoms with Gasteiger partial charge in [-0.25, -0.2) is 4.79 Å². The Morgan fingerprint density at radius 3 is 2.88 bits per heavy atom. The van der Waals surface area contributed by atoms with E-state index in [1.54, 1.807) is 0 Å². The number of piperidine rings is 1. The molecule has 0 saturated carbocycles. The number of aromatic nitrogens is 1. The minimum absolute atomic E-state index is 0.0263. The molecule has 1 aromatic heterocycles. The van der Waals surface area contributed by atoms with E-state index in [0.717, 1.165) is 19.4 Å². The lowest BCUT2D eigenvalue weighted by Crippen LogP contribution is -2.57. The van der Waals surface area contributed by atoms with Gasteiger partial charge in [0.1, 0.15) is 0 Å². The number of carbonyl (C=O) groups excluding carboxylic acids is 1. The van der Waals surface area contributed by atoms with Crippen LogP contribution in [-0.2, 0) is 11.3 Å². The van der Waals surface area contributed by atoms with Crippen molar-refractivity contribution in [3.05, 3.63) is 36.5 Å². The van der Waals surface area contributed by atoms with Crippen molar-refractivity contribution in [2.24, 2.45) is 0 Å². The van der Waals surface area contributed by atoms with E-state index >= 15 is 0 Å². The van der Waals surface area contributed by atoms with Gasteiger partial charge in [-0.2, -0.15) is 0 Å². The summed E-state index contributed by atoms with van der Waals surface area (Å²) >= 11 is 0. The molecule has 0 aliphatic carbocycles. The quantitative estimate of drug-likeness (QED) is 0.886. The number of para-hydroxylation sites is 1. The zero-order valence-electron chi connectivity index (χ0n) is 15.1. The number of carbonyl (C=O) groups is 1. The van der Waals surface area contributed by atoms with Crippen molar-refractivity contribution in [2.75, 3.05) is 26.2 Å². The fraction of sp³-hybridized carbons (Fsp3) is 0.550. The third-order valence-electron chi connectivity index (χ3n) is 5.82. The van der Waals surface area contributed by atoms with E-state index in [1.807, 2.05) is 17.0 Å². The second-order valence-corrected chi connectivity index (χ2v) is 7.36. The number of aliphatic hydroxyl groups is 1. The lowest BCUT2D eigenvalue weighted by Gasteiger charge is -2.46. The Labute approximate surface area is 153 Å². The summed E-state index contributed by atoms with van der Waals surface area (Å²) in [5, 5.41) is 14.5. The molecule has 4 rings (SSSR count). The van der Waals surface area contributed by atoms with Crippen molar-refractivity contribution in [1.29, 1.82) is 0 Å². The third-order valence-corrected chi connectivity index (χ3v) is 5.82. The van der Waals surface area contributed by atoms with E-state index in [0.29, 0.717) is 39.1 Å². The number of benzene rings is 1. The summed E-state index contributed by atoms with van der Waals surface area (Å²) in [6.07, 6.45) is 4.80. The molecule has 1 atom stereocenters. The second kappa shape index (κ2) is 7.29. The monoisotopic (exact) mass is 357 g/mol. The molecular weight excluding hydrogens is 330 g/mol. The number of nitrogens with one attached hydrogen (secondary N) is 1. The van der Waals surface area contributed by atoms with E-state index in [1.165, 1.54) is 10.9 Å². The van der Waals surface area contributed by atoms with Gasteiger partial charge in [-0.1, -0.05) is 18.2 Å². The number of ether oxygens (including phenoxy) is 1. The van der Waals surface area contributed by atoms with Gasteiger partial charge < -0.3 is 24.6 Å². The maximum atomic E-state index is 12.4. The van der Waals surface area contributed by atoms with Crippen LogP contribution < -0.4 is 5.32 Å². The molecule has 1 aromatic carbocycles. The van der Waals surface area contributed by atoms with Crippen molar-refractivity contribution in [3.63, 3.8) is 0 Å². The number of nitrogens with zero attached hydrogens (tertiary/aromatic N) is 2. The summed E-state index contributed by atoms with van der Waals surface area (Å²) in [6, 6.07) is 10.3. The second-order valence-electron chi connectivity index (χ2n) is 7.36. The average Bonchev–Trinajstić information content (AvgIpc) is 3.08. The average molecular weight is 357 g/mol. The summed E-state index contributed by atoms with van der Waals surface area (Å²) in [7, 11) is 0. The van der Waals surface area contributed by atoms with Gasteiger partial charge in [0.05, 0.1) is 11.7 Å². The van der Waals surface area contributed by atoms with E-state index in [4.69, 9.17) is 4.74 Å². The Hall–Kier alpha value is -2.05. The zero-order chi connectivity index (χ0) is 18.0. The molecule has 2 aromatic rings. The number of aliphatic hydroxyl groups excluding tert-OH is 1.